The molecule has 0 saturated heterocycles. The maximum absolute atomic E-state index is 11.4. The van der Waals surface area contributed by atoms with Gasteiger partial charge in [0.2, 0.25) is 0 Å². The summed E-state index contributed by atoms with van der Waals surface area (Å²) in [6, 6.07) is 7.32. The van der Waals surface area contributed by atoms with Crippen molar-refractivity contribution in [2.45, 2.75) is 0 Å². The molecule has 1 aromatic carbocycles. The van der Waals surface area contributed by atoms with Crippen molar-refractivity contribution in [3.05, 3.63) is 60.6 Å². The number of aromatic amines is 1. The molecule has 2 rings (SSSR count). The predicted octanol–water partition coefficient (Wildman–Crippen LogP) is 2.32. The standard InChI is InChI=1S/C12H8BrN3O4/c13-8-4-1-7(2-5-8)3-6-9-14-11(17)10(16(19)20)12(18)15-9/h1-6H,(H2,14,15,17,18)/b6-3-. The van der Waals surface area contributed by atoms with Gasteiger partial charge in [0, 0.05) is 4.47 Å². The van der Waals surface area contributed by atoms with Crippen LogP contribution in [0.2, 0.25) is 0 Å². The summed E-state index contributed by atoms with van der Waals surface area (Å²) in [6.07, 6.45) is 3.09. The minimum atomic E-state index is -1.00. The summed E-state index contributed by atoms with van der Waals surface area (Å²) >= 11 is 3.30. The molecule has 1 heterocycles. The van der Waals surface area contributed by atoms with Crippen molar-refractivity contribution in [1.82, 2.24) is 9.97 Å². The maximum atomic E-state index is 11.4. The molecule has 0 aliphatic carbocycles. The lowest BCUT2D eigenvalue weighted by Crippen LogP contribution is -2.14. The van der Waals surface area contributed by atoms with Crippen molar-refractivity contribution in [2.24, 2.45) is 0 Å². The highest BCUT2D eigenvalue weighted by Crippen LogP contribution is 2.17. The summed E-state index contributed by atoms with van der Waals surface area (Å²) < 4.78 is 0.925. The highest BCUT2D eigenvalue weighted by molar-refractivity contribution is 9.10. The Labute approximate surface area is 120 Å². The number of hydrogen-bond acceptors (Lipinski definition) is 5. The van der Waals surface area contributed by atoms with Crippen LogP contribution >= 0.6 is 15.9 Å². The summed E-state index contributed by atoms with van der Waals surface area (Å²) in [5.41, 5.74) is -1.13. The van der Waals surface area contributed by atoms with Crippen LogP contribution in [0.3, 0.4) is 0 Å². The van der Waals surface area contributed by atoms with E-state index in [1.807, 2.05) is 24.3 Å². The van der Waals surface area contributed by atoms with Gasteiger partial charge in [-0.2, -0.15) is 4.98 Å². The Morgan fingerprint density at radius 2 is 1.95 bits per heavy atom. The predicted molar refractivity (Wildman–Crippen MR) is 76.2 cm³/mol. The van der Waals surface area contributed by atoms with E-state index in [0.29, 0.717) is 0 Å². The zero-order valence-corrected chi connectivity index (χ0v) is 11.5. The zero-order valence-electron chi connectivity index (χ0n) is 9.91. The number of aromatic hydroxyl groups is 1. The SMILES string of the molecule is O=c1[nH]c(/C=C\c2ccc(Br)cc2)nc(O)c1[N+](=O)[O-]. The van der Waals surface area contributed by atoms with Gasteiger partial charge in [0.1, 0.15) is 5.82 Å². The van der Waals surface area contributed by atoms with Gasteiger partial charge < -0.3 is 10.1 Å². The first-order valence-electron chi connectivity index (χ1n) is 5.38. The Kier molecular flexibility index (Phi) is 3.94. The van der Waals surface area contributed by atoms with Crippen molar-refractivity contribution >= 4 is 33.8 Å². The molecule has 0 atom stereocenters. The molecular weight excluding hydrogens is 330 g/mol. The molecule has 1 aromatic heterocycles. The van der Waals surface area contributed by atoms with E-state index in [0.717, 1.165) is 10.0 Å². The molecule has 0 unspecified atom stereocenters. The van der Waals surface area contributed by atoms with Gasteiger partial charge in [-0.3, -0.25) is 14.9 Å². The van der Waals surface area contributed by atoms with Gasteiger partial charge in [0.05, 0.1) is 4.92 Å². The molecule has 7 nitrogen and oxygen atoms in total. The Morgan fingerprint density at radius 1 is 1.30 bits per heavy atom. The third kappa shape index (κ3) is 3.09. The average molecular weight is 338 g/mol. The van der Waals surface area contributed by atoms with E-state index in [2.05, 4.69) is 25.9 Å². The first-order chi connectivity index (χ1) is 9.47. The van der Waals surface area contributed by atoms with Crippen LogP contribution in [-0.4, -0.2) is 20.0 Å². The van der Waals surface area contributed by atoms with Gasteiger partial charge in [0.15, 0.2) is 0 Å². The van der Waals surface area contributed by atoms with Crippen molar-refractivity contribution < 1.29 is 10.0 Å². The number of benzene rings is 1. The van der Waals surface area contributed by atoms with E-state index in [-0.39, 0.29) is 5.82 Å². The molecule has 20 heavy (non-hydrogen) atoms. The molecular formula is C12H8BrN3O4. The van der Waals surface area contributed by atoms with E-state index < -0.39 is 22.0 Å². The van der Waals surface area contributed by atoms with Gasteiger partial charge >= 0.3 is 11.2 Å². The number of aromatic nitrogens is 2. The molecule has 0 aliphatic rings. The number of nitrogens with zero attached hydrogens (tertiary/aromatic N) is 2. The monoisotopic (exact) mass is 337 g/mol. The van der Waals surface area contributed by atoms with Gasteiger partial charge in [-0.1, -0.05) is 34.1 Å². The van der Waals surface area contributed by atoms with E-state index in [1.54, 1.807) is 6.08 Å². The summed E-state index contributed by atoms with van der Waals surface area (Å²) in [4.78, 5) is 26.7. The van der Waals surface area contributed by atoms with Gasteiger partial charge in [0.25, 0.3) is 5.88 Å². The number of rotatable bonds is 3. The van der Waals surface area contributed by atoms with E-state index in [4.69, 9.17) is 0 Å². The van der Waals surface area contributed by atoms with Crippen molar-refractivity contribution in [3.63, 3.8) is 0 Å². The van der Waals surface area contributed by atoms with Crippen LogP contribution in [0.1, 0.15) is 11.4 Å². The molecule has 2 N–H and O–H groups in total. The Morgan fingerprint density at radius 3 is 2.50 bits per heavy atom. The minimum absolute atomic E-state index is 0.0287. The van der Waals surface area contributed by atoms with E-state index in [1.165, 1.54) is 6.08 Å². The second-order valence-electron chi connectivity index (χ2n) is 3.77. The lowest BCUT2D eigenvalue weighted by molar-refractivity contribution is -0.387. The van der Waals surface area contributed by atoms with Crippen LogP contribution < -0.4 is 5.56 Å². The van der Waals surface area contributed by atoms with Gasteiger partial charge in [-0.05, 0) is 23.8 Å². The van der Waals surface area contributed by atoms with Crippen LogP contribution in [0.15, 0.2) is 33.5 Å². The Balaban J connectivity index is 2.33. The normalized spacial score (nSPS) is 10.8. The molecule has 0 radical (unpaired) electrons. The molecule has 0 amide bonds. The summed E-state index contributed by atoms with van der Waals surface area (Å²) in [7, 11) is 0. The first-order valence-corrected chi connectivity index (χ1v) is 6.18. The first kappa shape index (κ1) is 13.9. The number of hydrogen-bond donors (Lipinski definition) is 2. The topological polar surface area (TPSA) is 109 Å². The minimum Gasteiger partial charge on any atom is -0.488 e. The van der Waals surface area contributed by atoms with Crippen LogP contribution in [0.4, 0.5) is 5.69 Å². The third-order valence-corrected chi connectivity index (χ3v) is 2.91. The average Bonchev–Trinajstić information content (AvgIpc) is 2.37. The zero-order chi connectivity index (χ0) is 14.7. The smallest absolute Gasteiger partial charge is 0.395 e. The number of nitro groups is 1. The summed E-state index contributed by atoms with van der Waals surface area (Å²) in [6.45, 7) is 0. The van der Waals surface area contributed by atoms with Crippen molar-refractivity contribution in [3.8, 4) is 5.88 Å². The van der Waals surface area contributed by atoms with Gasteiger partial charge in [-0.25, -0.2) is 0 Å². The number of halogens is 1. The lowest BCUT2D eigenvalue weighted by atomic mass is 10.2. The molecule has 102 valence electrons. The second-order valence-corrected chi connectivity index (χ2v) is 4.68. The molecule has 2 aromatic rings. The van der Waals surface area contributed by atoms with E-state index >= 15 is 0 Å². The molecule has 0 spiro atoms. The fraction of sp³-hybridized carbons (Fsp3) is 0. The highest BCUT2D eigenvalue weighted by Gasteiger charge is 2.21. The molecule has 0 bridgehead atoms. The van der Waals surface area contributed by atoms with Crippen LogP contribution in [-0.2, 0) is 0 Å². The van der Waals surface area contributed by atoms with Crippen LogP contribution in [0, 0.1) is 10.1 Å². The van der Waals surface area contributed by atoms with Gasteiger partial charge in [-0.15, -0.1) is 0 Å². The Bertz CT molecular complexity index is 737. The third-order valence-electron chi connectivity index (χ3n) is 2.38. The highest BCUT2D eigenvalue weighted by atomic mass is 79.9. The van der Waals surface area contributed by atoms with Crippen LogP contribution in [0.5, 0.6) is 5.88 Å². The maximum Gasteiger partial charge on any atom is 0.395 e. The fourth-order valence-corrected chi connectivity index (χ4v) is 1.73. The molecule has 8 heteroatoms. The quantitative estimate of drug-likeness (QED) is 0.659. The molecule has 0 saturated carbocycles. The second kappa shape index (κ2) is 5.66. The van der Waals surface area contributed by atoms with E-state index in [9.17, 15) is 20.0 Å². The number of H-pyrrole nitrogens is 1. The Hall–Kier alpha value is -2.48. The largest absolute Gasteiger partial charge is 0.488 e. The van der Waals surface area contributed by atoms with Crippen LogP contribution in [0.25, 0.3) is 12.2 Å². The summed E-state index contributed by atoms with van der Waals surface area (Å²) in [5, 5.41) is 19.9. The summed E-state index contributed by atoms with van der Waals surface area (Å²) in [5.74, 6) is -0.879. The molecule has 0 fully saturated rings. The van der Waals surface area contributed by atoms with Crippen molar-refractivity contribution in [2.75, 3.05) is 0 Å². The molecule has 0 aliphatic heterocycles. The van der Waals surface area contributed by atoms with Crippen molar-refractivity contribution in [1.29, 1.82) is 0 Å². The fourth-order valence-electron chi connectivity index (χ4n) is 1.46. The number of nitrogens with one attached hydrogen (secondary N) is 1. The lowest BCUT2D eigenvalue weighted by Gasteiger charge is -1.97.